The van der Waals surface area contributed by atoms with Crippen LogP contribution >= 0.6 is 0 Å². The second-order valence-electron chi connectivity index (χ2n) is 5.02. The van der Waals surface area contributed by atoms with Gasteiger partial charge in [0.05, 0.1) is 0 Å². The van der Waals surface area contributed by atoms with Crippen molar-refractivity contribution in [2.24, 2.45) is 11.7 Å². The molecule has 0 bridgehead atoms. The van der Waals surface area contributed by atoms with Gasteiger partial charge in [-0.05, 0) is 46.2 Å². The van der Waals surface area contributed by atoms with Crippen molar-refractivity contribution in [1.82, 2.24) is 10.2 Å². The number of primary amides is 1. The summed E-state index contributed by atoms with van der Waals surface area (Å²) < 4.78 is 0. The fourth-order valence-electron chi connectivity index (χ4n) is 2.37. The number of carbonyl (C=O) groups is 1. The molecule has 1 saturated carbocycles. The lowest BCUT2D eigenvalue weighted by molar-refractivity contribution is -0.126. The summed E-state index contributed by atoms with van der Waals surface area (Å²) in [7, 11) is 1.84. The highest BCUT2D eigenvalue weighted by molar-refractivity contribution is 5.86. The molecule has 4 nitrogen and oxygen atoms in total. The van der Waals surface area contributed by atoms with E-state index >= 15 is 0 Å². The van der Waals surface area contributed by atoms with Crippen LogP contribution in [0.3, 0.4) is 0 Å². The molecule has 1 rings (SSSR count). The first kappa shape index (κ1) is 13.5. The Morgan fingerprint density at radius 1 is 1.56 bits per heavy atom. The highest BCUT2D eigenvalue weighted by Crippen LogP contribution is 2.40. The van der Waals surface area contributed by atoms with Gasteiger partial charge >= 0.3 is 0 Å². The minimum Gasteiger partial charge on any atom is -0.368 e. The minimum absolute atomic E-state index is 0.211. The van der Waals surface area contributed by atoms with Crippen LogP contribution in [0, 0.1) is 5.92 Å². The van der Waals surface area contributed by atoms with Crippen molar-refractivity contribution < 1.29 is 4.79 Å². The number of nitrogens with one attached hydrogen (secondary N) is 1. The van der Waals surface area contributed by atoms with Crippen molar-refractivity contribution in [2.45, 2.75) is 45.2 Å². The quantitative estimate of drug-likeness (QED) is 0.668. The fourth-order valence-corrected chi connectivity index (χ4v) is 2.37. The van der Waals surface area contributed by atoms with Crippen molar-refractivity contribution in [3.05, 3.63) is 0 Å². The Kier molecular flexibility index (Phi) is 4.33. The summed E-state index contributed by atoms with van der Waals surface area (Å²) in [6.45, 7) is 8.09. The molecule has 1 aliphatic rings. The Balaban J connectivity index is 2.80. The van der Waals surface area contributed by atoms with E-state index in [1.54, 1.807) is 0 Å². The van der Waals surface area contributed by atoms with Gasteiger partial charge in [-0.25, -0.2) is 0 Å². The van der Waals surface area contributed by atoms with E-state index in [2.05, 4.69) is 31.0 Å². The first-order valence-corrected chi connectivity index (χ1v) is 6.20. The first-order valence-electron chi connectivity index (χ1n) is 6.20. The topological polar surface area (TPSA) is 58.4 Å². The van der Waals surface area contributed by atoms with Crippen LogP contribution in [0.4, 0.5) is 0 Å². The van der Waals surface area contributed by atoms with Gasteiger partial charge in [-0.3, -0.25) is 9.69 Å². The zero-order chi connectivity index (χ0) is 12.3. The van der Waals surface area contributed by atoms with Crippen LogP contribution < -0.4 is 11.1 Å². The molecule has 0 radical (unpaired) electrons. The molecule has 94 valence electrons. The van der Waals surface area contributed by atoms with Crippen molar-refractivity contribution in [3.63, 3.8) is 0 Å². The van der Waals surface area contributed by atoms with Crippen LogP contribution in [0.5, 0.6) is 0 Å². The SMILES string of the molecule is CCN(CC(NC)(C(N)=O)C1CC1)C(C)C. The molecular formula is C12H25N3O. The summed E-state index contributed by atoms with van der Waals surface area (Å²) in [6, 6.07) is 0.441. The van der Waals surface area contributed by atoms with E-state index in [-0.39, 0.29) is 5.91 Å². The smallest absolute Gasteiger partial charge is 0.239 e. The number of carbonyl (C=O) groups excluding carboxylic acids is 1. The number of hydrogen-bond donors (Lipinski definition) is 2. The van der Waals surface area contributed by atoms with Crippen molar-refractivity contribution in [1.29, 1.82) is 0 Å². The van der Waals surface area contributed by atoms with E-state index in [1.165, 1.54) is 0 Å². The van der Waals surface area contributed by atoms with Crippen LogP contribution in [0.2, 0.25) is 0 Å². The minimum atomic E-state index is -0.527. The molecule has 1 aliphatic carbocycles. The highest BCUT2D eigenvalue weighted by Gasteiger charge is 2.49. The molecule has 4 heteroatoms. The van der Waals surface area contributed by atoms with Gasteiger partial charge in [0.2, 0.25) is 5.91 Å². The number of amides is 1. The van der Waals surface area contributed by atoms with E-state index < -0.39 is 5.54 Å². The third-order valence-electron chi connectivity index (χ3n) is 3.75. The molecule has 1 fully saturated rings. The Hall–Kier alpha value is -0.610. The third-order valence-corrected chi connectivity index (χ3v) is 3.75. The number of nitrogens with two attached hydrogens (primary N) is 1. The van der Waals surface area contributed by atoms with E-state index in [0.717, 1.165) is 25.9 Å². The first-order chi connectivity index (χ1) is 7.47. The van der Waals surface area contributed by atoms with E-state index in [1.807, 2.05) is 7.05 Å². The van der Waals surface area contributed by atoms with Gasteiger partial charge < -0.3 is 11.1 Å². The monoisotopic (exact) mass is 227 g/mol. The Morgan fingerprint density at radius 2 is 2.12 bits per heavy atom. The lowest BCUT2D eigenvalue weighted by Crippen LogP contribution is -2.62. The lowest BCUT2D eigenvalue weighted by Gasteiger charge is -2.37. The highest BCUT2D eigenvalue weighted by atomic mass is 16.1. The predicted octanol–water partition coefficient (Wildman–Crippen LogP) is 0.570. The number of rotatable bonds is 7. The predicted molar refractivity (Wildman–Crippen MR) is 66.1 cm³/mol. The summed E-state index contributed by atoms with van der Waals surface area (Å²) in [5.41, 5.74) is 5.07. The van der Waals surface area contributed by atoms with Gasteiger partial charge in [-0.15, -0.1) is 0 Å². The molecular weight excluding hydrogens is 202 g/mol. The van der Waals surface area contributed by atoms with Gasteiger partial charge in [0, 0.05) is 12.6 Å². The number of nitrogens with zero attached hydrogens (tertiary/aromatic N) is 1. The second-order valence-corrected chi connectivity index (χ2v) is 5.02. The Bertz CT molecular complexity index is 251. The van der Waals surface area contributed by atoms with Crippen molar-refractivity contribution >= 4 is 5.91 Å². The zero-order valence-electron chi connectivity index (χ0n) is 10.9. The maximum Gasteiger partial charge on any atom is 0.239 e. The van der Waals surface area contributed by atoms with Gasteiger partial charge in [0.25, 0.3) is 0 Å². The van der Waals surface area contributed by atoms with E-state index in [0.29, 0.717) is 12.0 Å². The Morgan fingerprint density at radius 3 is 2.38 bits per heavy atom. The molecule has 1 unspecified atom stereocenters. The van der Waals surface area contributed by atoms with Crippen LogP contribution in [0.1, 0.15) is 33.6 Å². The van der Waals surface area contributed by atoms with Gasteiger partial charge in [0.1, 0.15) is 5.54 Å². The van der Waals surface area contributed by atoms with Gasteiger partial charge in [0.15, 0.2) is 0 Å². The molecule has 0 aromatic heterocycles. The molecule has 0 heterocycles. The lowest BCUT2D eigenvalue weighted by atomic mass is 9.91. The third kappa shape index (κ3) is 2.55. The Labute approximate surface area is 98.6 Å². The van der Waals surface area contributed by atoms with E-state index in [4.69, 9.17) is 5.73 Å². The summed E-state index contributed by atoms with van der Waals surface area (Å²) in [6.07, 6.45) is 2.22. The van der Waals surface area contributed by atoms with Gasteiger partial charge in [-0.2, -0.15) is 0 Å². The fraction of sp³-hybridized carbons (Fsp3) is 0.917. The van der Waals surface area contributed by atoms with Gasteiger partial charge in [-0.1, -0.05) is 6.92 Å². The molecule has 3 N–H and O–H groups in total. The largest absolute Gasteiger partial charge is 0.368 e. The standard InChI is InChI=1S/C12H25N3O/c1-5-15(9(2)3)8-12(14-4,11(13)16)10-6-7-10/h9-10,14H,5-8H2,1-4H3,(H2,13,16). The number of likely N-dealkylation sites (N-methyl/N-ethyl adjacent to an activating group) is 2. The summed E-state index contributed by atoms with van der Waals surface area (Å²) in [5, 5.41) is 3.18. The van der Waals surface area contributed by atoms with Crippen molar-refractivity contribution in [2.75, 3.05) is 20.1 Å². The summed E-state index contributed by atoms with van der Waals surface area (Å²) >= 11 is 0. The van der Waals surface area contributed by atoms with Crippen molar-refractivity contribution in [3.8, 4) is 0 Å². The molecule has 0 aromatic carbocycles. The van der Waals surface area contributed by atoms with Crippen LogP contribution in [0.15, 0.2) is 0 Å². The maximum atomic E-state index is 11.7. The molecule has 0 aliphatic heterocycles. The van der Waals surface area contributed by atoms with Crippen LogP contribution in [0.25, 0.3) is 0 Å². The zero-order valence-corrected chi connectivity index (χ0v) is 10.9. The normalized spacial score (nSPS) is 20.1. The maximum absolute atomic E-state index is 11.7. The average molecular weight is 227 g/mol. The molecule has 0 aromatic rings. The molecule has 0 saturated heterocycles. The molecule has 0 spiro atoms. The second kappa shape index (κ2) is 5.15. The molecule has 16 heavy (non-hydrogen) atoms. The molecule has 1 atom stereocenters. The van der Waals surface area contributed by atoms with Crippen LogP contribution in [-0.2, 0) is 4.79 Å². The summed E-state index contributed by atoms with van der Waals surface area (Å²) in [4.78, 5) is 14.0. The summed E-state index contributed by atoms with van der Waals surface area (Å²) in [5.74, 6) is 0.208. The van der Waals surface area contributed by atoms with E-state index in [9.17, 15) is 4.79 Å². The number of hydrogen-bond acceptors (Lipinski definition) is 3. The average Bonchev–Trinajstić information content (AvgIpc) is 3.03. The molecule has 1 amide bonds. The van der Waals surface area contributed by atoms with Crippen LogP contribution in [-0.4, -0.2) is 42.5 Å².